The minimum Gasteiger partial charge on any atom is -0.494 e. The van der Waals surface area contributed by atoms with Gasteiger partial charge in [-0.1, -0.05) is 37.4 Å². The number of ether oxygens (including phenoxy) is 6. The topological polar surface area (TPSA) is 124 Å². The number of benzene rings is 4. The summed E-state index contributed by atoms with van der Waals surface area (Å²) in [5.74, 6) is 0.497. The molecular formula is C45H48O10. The van der Waals surface area contributed by atoms with E-state index in [1.165, 1.54) is 0 Å². The average molecular weight is 749 g/mol. The number of unbranched alkanes of at least 4 members (excludes halogenated alkanes) is 6. The molecule has 0 amide bonds. The Labute approximate surface area is 322 Å². The highest BCUT2D eigenvalue weighted by Gasteiger charge is 2.11. The summed E-state index contributed by atoms with van der Waals surface area (Å²) in [7, 11) is 0. The molecule has 0 N–H and O–H groups in total. The van der Waals surface area contributed by atoms with Crippen LogP contribution in [0.25, 0.3) is 0 Å². The van der Waals surface area contributed by atoms with Crippen LogP contribution in [0.3, 0.4) is 0 Å². The van der Waals surface area contributed by atoms with Crippen molar-refractivity contribution in [1.82, 2.24) is 0 Å². The van der Waals surface area contributed by atoms with Crippen LogP contribution in [0.2, 0.25) is 0 Å². The Morgan fingerprint density at radius 1 is 0.418 bits per heavy atom. The standard InChI is InChI=1S/C45H48O10/c1-3-42(46)52-31-11-7-5-9-29-50-38-25-17-36(18-26-38)44(48)54-40-21-13-34(14-22-40)33-35-15-23-41(24-16-35)55-45(49)37-19-27-39(28-20-37)51-30-10-6-8-12-32-53-43(47)4-2/h3-4,13-28H,1-2,5-12,29-33H2. The van der Waals surface area contributed by atoms with Gasteiger partial charge in [0.2, 0.25) is 0 Å². The van der Waals surface area contributed by atoms with E-state index >= 15 is 0 Å². The van der Waals surface area contributed by atoms with Crippen molar-refractivity contribution < 1.29 is 47.6 Å². The van der Waals surface area contributed by atoms with E-state index in [1.54, 1.807) is 72.8 Å². The van der Waals surface area contributed by atoms with Crippen molar-refractivity contribution in [2.24, 2.45) is 0 Å². The van der Waals surface area contributed by atoms with Gasteiger partial charge in [0.15, 0.2) is 0 Å². The maximum atomic E-state index is 12.7. The molecule has 0 spiro atoms. The van der Waals surface area contributed by atoms with Gasteiger partial charge in [0.25, 0.3) is 0 Å². The third kappa shape index (κ3) is 15.8. The van der Waals surface area contributed by atoms with Crippen LogP contribution in [0.15, 0.2) is 122 Å². The van der Waals surface area contributed by atoms with Crippen LogP contribution >= 0.6 is 0 Å². The van der Waals surface area contributed by atoms with Gasteiger partial charge in [-0.25, -0.2) is 19.2 Å². The second kappa shape index (κ2) is 23.5. The quantitative estimate of drug-likeness (QED) is 0.0297. The lowest BCUT2D eigenvalue weighted by Crippen LogP contribution is -2.08. The molecule has 0 unspecified atom stereocenters. The SMILES string of the molecule is C=CC(=O)OCCCCCCOc1ccc(C(=O)Oc2ccc(Cc3ccc(OC(=O)c4ccc(OCCCCCCOC(=O)C=C)cc4)cc3)cc2)cc1. The van der Waals surface area contributed by atoms with Crippen molar-refractivity contribution in [2.45, 2.75) is 57.8 Å². The van der Waals surface area contributed by atoms with E-state index < -0.39 is 23.9 Å². The first-order chi connectivity index (χ1) is 26.8. The molecule has 0 saturated heterocycles. The van der Waals surface area contributed by atoms with Gasteiger partial charge >= 0.3 is 23.9 Å². The van der Waals surface area contributed by atoms with E-state index in [0.717, 1.165) is 74.6 Å². The largest absolute Gasteiger partial charge is 0.494 e. The fourth-order valence-electron chi connectivity index (χ4n) is 5.25. The maximum absolute atomic E-state index is 12.7. The summed E-state index contributed by atoms with van der Waals surface area (Å²) in [4.78, 5) is 47.5. The Morgan fingerprint density at radius 2 is 0.745 bits per heavy atom. The Morgan fingerprint density at radius 3 is 1.09 bits per heavy atom. The molecule has 0 bridgehead atoms. The third-order valence-corrected chi connectivity index (χ3v) is 8.29. The fourth-order valence-corrected chi connectivity index (χ4v) is 5.25. The van der Waals surface area contributed by atoms with Crippen molar-refractivity contribution in [3.63, 3.8) is 0 Å². The zero-order valence-electron chi connectivity index (χ0n) is 31.1. The minimum atomic E-state index is -0.462. The molecular weight excluding hydrogens is 700 g/mol. The molecule has 0 heterocycles. The number of rotatable bonds is 24. The molecule has 0 saturated carbocycles. The lowest BCUT2D eigenvalue weighted by Gasteiger charge is -2.09. The van der Waals surface area contributed by atoms with Crippen molar-refractivity contribution in [3.05, 3.63) is 145 Å². The summed E-state index contributed by atoms with van der Waals surface area (Å²) in [6, 6.07) is 28.3. The molecule has 288 valence electrons. The van der Waals surface area contributed by atoms with Crippen molar-refractivity contribution in [1.29, 1.82) is 0 Å². The van der Waals surface area contributed by atoms with Gasteiger partial charge in [-0.05, 0) is 142 Å². The number of esters is 4. The summed E-state index contributed by atoms with van der Waals surface area (Å²) in [6.45, 7) is 8.63. The van der Waals surface area contributed by atoms with E-state index in [1.807, 2.05) is 24.3 Å². The van der Waals surface area contributed by atoms with Gasteiger partial charge in [-0.15, -0.1) is 0 Å². The summed E-state index contributed by atoms with van der Waals surface area (Å²) in [6.07, 6.45) is 10.1. The van der Waals surface area contributed by atoms with Crippen LogP contribution in [0.5, 0.6) is 23.0 Å². The molecule has 0 aliphatic carbocycles. The molecule has 0 aliphatic heterocycles. The highest BCUT2D eigenvalue weighted by Crippen LogP contribution is 2.21. The van der Waals surface area contributed by atoms with Crippen LogP contribution in [-0.2, 0) is 25.5 Å². The smallest absolute Gasteiger partial charge is 0.343 e. The molecule has 0 aliphatic rings. The zero-order valence-corrected chi connectivity index (χ0v) is 31.1. The first-order valence-corrected chi connectivity index (χ1v) is 18.5. The molecule has 0 radical (unpaired) electrons. The second-order valence-electron chi connectivity index (χ2n) is 12.6. The number of hydrogen-bond acceptors (Lipinski definition) is 10. The predicted octanol–water partition coefficient (Wildman–Crippen LogP) is 9.05. The van der Waals surface area contributed by atoms with Crippen molar-refractivity contribution in [3.8, 4) is 23.0 Å². The monoisotopic (exact) mass is 748 g/mol. The van der Waals surface area contributed by atoms with Gasteiger partial charge in [-0.3, -0.25) is 0 Å². The van der Waals surface area contributed by atoms with Gasteiger partial charge in [0.1, 0.15) is 23.0 Å². The van der Waals surface area contributed by atoms with Gasteiger partial charge in [-0.2, -0.15) is 0 Å². The van der Waals surface area contributed by atoms with E-state index in [4.69, 9.17) is 28.4 Å². The van der Waals surface area contributed by atoms with Crippen molar-refractivity contribution in [2.75, 3.05) is 26.4 Å². The molecule has 0 aromatic heterocycles. The second-order valence-corrected chi connectivity index (χ2v) is 12.6. The highest BCUT2D eigenvalue weighted by atomic mass is 16.5. The molecule has 10 nitrogen and oxygen atoms in total. The van der Waals surface area contributed by atoms with E-state index in [9.17, 15) is 19.2 Å². The Balaban J connectivity index is 1.11. The van der Waals surface area contributed by atoms with Crippen LogP contribution < -0.4 is 18.9 Å². The van der Waals surface area contributed by atoms with Crippen LogP contribution in [-0.4, -0.2) is 50.3 Å². The molecule has 4 aromatic carbocycles. The van der Waals surface area contributed by atoms with E-state index in [-0.39, 0.29) is 0 Å². The molecule has 0 fully saturated rings. The van der Waals surface area contributed by atoms with Crippen molar-refractivity contribution >= 4 is 23.9 Å². The zero-order chi connectivity index (χ0) is 39.1. The predicted molar refractivity (Wildman–Crippen MR) is 209 cm³/mol. The van der Waals surface area contributed by atoms with E-state index in [0.29, 0.717) is 67.0 Å². The highest BCUT2D eigenvalue weighted by molar-refractivity contribution is 5.91. The fraction of sp³-hybridized carbons (Fsp3) is 0.289. The number of carbonyl (C=O) groups excluding carboxylic acids is 4. The van der Waals surface area contributed by atoms with Crippen LogP contribution in [0.1, 0.15) is 83.2 Å². The number of carbonyl (C=O) groups is 4. The molecule has 10 heteroatoms. The summed E-state index contributed by atoms with van der Waals surface area (Å²) >= 11 is 0. The van der Waals surface area contributed by atoms with Gasteiger partial charge in [0, 0.05) is 12.2 Å². The third-order valence-electron chi connectivity index (χ3n) is 8.29. The molecule has 4 rings (SSSR count). The van der Waals surface area contributed by atoms with Gasteiger partial charge < -0.3 is 28.4 Å². The summed E-state index contributed by atoms with van der Waals surface area (Å²) in [5, 5.41) is 0. The maximum Gasteiger partial charge on any atom is 0.343 e. The minimum absolute atomic E-state index is 0.393. The first-order valence-electron chi connectivity index (χ1n) is 18.5. The van der Waals surface area contributed by atoms with Crippen LogP contribution in [0.4, 0.5) is 0 Å². The number of hydrogen-bond donors (Lipinski definition) is 0. The Bertz CT molecular complexity index is 1680. The lowest BCUT2D eigenvalue weighted by atomic mass is 10.0. The normalized spacial score (nSPS) is 10.5. The Kier molecular flexibility index (Phi) is 17.8. The average Bonchev–Trinajstić information content (AvgIpc) is 3.21. The van der Waals surface area contributed by atoms with E-state index in [2.05, 4.69) is 13.2 Å². The molecule has 4 aromatic rings. The molecule has 0 atom stereocenters. The van der Waals surface area contributed by atoms with Crippen LogP contribution in [0, 0.1) is 0 Å². The lowest BCUT2D eigenvalue weighted by molar-refractivity contribution is -0.138. The Hall–Kier alpha value is -6.16. The van der Waals surface area contributed by atoms with Gasteiger partial charge in [0.05, 0.1) is 37.6 Å². The summed E-state index contributed by atoms with van der Waals surface area (Å²) < 4.78 is 32.6. The first kappa shape index (κ1) is 41.6. The molecule has 55 heavy (non-hydrogen) atoms. The summed E-state index contributed by atoms with van der Waals surface area (Å²) in [5.41, 5.74) is 2.88.